The van der Waals surface area contributed by atoms with Crippen molar-refractivity contribution in [3.05, 3.63) is 63.9 Å². The molecular formula is C19H15F2N3O3S. The highest BCUT2D eigenvalue weighted by Gasteiger charge is 2.22. The number of aromatic nitrogens is 2. The van der Waals surface area contributed by atoms with Gasteiger partial charge in [0, 0.05) is 18.4 Å². The average Bonchev–Trinajstić information content (AvgIpc) is 3.20. The average molecular weight is 403 g/mol. The number of anilines is 1. The molecule has 1 aromatic heterocycles. The zero-order valence-electron chi connectivity index (χ0n) is 14.8. The second-order valence-corrected chi connectivity index (χ2v) is 7.28. The molecule has 28 heavy (non-hydrogen) atoms. The number of nitrogens with zero attached hydrogens (tertiary/aromatic N) is 3. The first-order valence-electron chi connectivity index (χ1n) is 8.42. The number of rotatable bonds is 3. The van der Waals surface area contributed by atoms with Crippen molar-refractivity contribution in [1.82, 2.24) is 9.55 Å². The number of methoxy groups -OCH3 is 1. The van der Waals surface area contributed by atoms with Gasteiger partial charge in [0.25, 0.3) is 5.56 Å². The van der Waals surface area contributed by atoms with Crippen LogP contribution in [-0.4, -0.2) is 40.8 Å². The van der Waals surface area contributed by atoms with Gasteiger partial charge in [0.05, 0.1) is 35.1 Å². The zero-order valence-corrected chi connectivity index (χ0v) is 15.6. The first-order chi connectivity index (χ1) is 13.5. The van der Waals surface area contributed by atoms with Crippen LogP contribution >= 0.6 is 11.8 Å². The van der Waals surface area contributed by atoms with Crippen molar-refractivity contribution in [3.8, 4) is 5.69 Å². The largest absolute Gasteiger partial charge is 0.465 e. The summed E-state index contributed by atoms with van der Waals surface area (Å²) in [4.78, 5) is 31.4. The maximum atomic E-state index is 13.8. The first kappa shape index (κ1) is 18.4. The lowest BCUT2D eigenvalue weighted by Gasteiger charge is -2.21. The molecule has 0 spiro atoms. The summed E-state index contributed by atoms with van der Waals surface area (Å²) in [5, 5.41) is 0.230. The predicted octanol–water partition coefficient (Wildman–Crippen LogP) is 2.96. The van der Waals surface area contributed by atoms with Crippen molar-refractivity contribution >= 4 is 34.6 Å². The van der Waals surface area contributed by atoms with Crippen LogP contribution in [0.4, 0.5) is 14.7 Å². The zero-order chi connectivity index (χ0) is 19.8. The topological polar surface area (TPSA) is 64.4 Å². The fourth-order valence-corrected chi connectivity index (χ4v) is 4.05. The third kappa shape index (κ3) is 3.22. The van der Waals surface area contributed by atoms with E-state index >= 15 is 0 Å². The van der Waals surface area contributed by atoms with Crippen molar-refractivity contribution in [3.63, 3.8) is 0 Å². The molecule has 2 aromatic carbocycles. The number of esters is 1. The molecule has 1 saturated heterocycles. The lowest BCUT2D eigenvalue weighted by atomic mass is 10.1. The summed E-state index contributed by atoms with van der Waals surface area (Å²) in [6.45, 7) is 0.636. The van der Waals surface area contributed by atoms with E-state index in [0.29, 0.717) is 17.9 Å². The molecule has 0 radical (unpaired) electrons. The molecule has 0 atom stereocenters. The summed E-state index contributed by atoms with van der Waals surface area (Å²) in [6.07, 6.45) is 0. The van der Waals surface area contributed by atoms with Crippen molar-refractivity contribution in [2.45, 2.75) is 0 Å². The standard InChI is InChI=1S/C19H15F2N3O3S/c1-27-18(26)11-2-3-15-16(6-11)22-19(23-4-5-28-10-23)24(17(15)25)14-8-12(20)7-13(21)9-14/h2-3,6-9H,4-5,10H2,1H3. The Morgan fingerprint density at radius 2 is 1.93 bits per heavy atom. The molecule has 2 heterocycles. The Morgan fingerprint density at radius 3 is 2.57 bits per heavy atom. The summed E-state index contributed by atoms with van der Waals surface area (Å²) in [5.74, 6) is -0.414. The molecule has 1 aliphatic heterocycles. The highest BCUT2D eigenvalue weighted by atomic mass is 32.2. The van der Waals surface area contributed by atoms with E-state index in [0.717, 1.165) is 24.0 Å². The normalized spacial score (nSPS) is 13.9. The molecule has 0 aliphatic carbocycles. The molecule has 6 nitrogen and oxygen atoms in total. The van der Waals surface area contributed by atoms with Crippen molar-refractivity contribution in [1.29, 1.82) is 0 Å². The van der Waals surface area contributed by atoms with E-state index in [9.17, 15) is 18.4 Å². The second kappa shape index (κ2) is 7.23. The Hall–Kier alpha value is -2.94. The fourth-order valence-electron chi connectivity index (χ4n) is 3.10. The van der Waals surface area contributed by atoms with Gasteiger partial charge in [-0.2, -0.15) is 0 Å². The number of ether oxygens (including phenoxy) is 1. The van der Waals surface area contributed by atoms with Crippen molar-refractivity contribution < 1.29 is 18.3 Å². The molecule has 9 heteroatoms. The minimum Gasteiger partial charge on any atom is -0.465 e. The van der Waals surface area contributed by atoms with E-state index in [-0.39, 0.29) is 22.6 Å². The minimum absolute atomic E-state index is 0.0563. The number of benzene rings is 2. The third-order valence-corrected chi connectivity index (χ3v) is 5.38. The van der Waals surface area contributed by atoms with Crippen LogP contribution in [0.15, 0.2) is 41.2 Å². The lowest BCUT2D eigenvalue weighted by Crippen LogP contribution is -2.30. The van der Waals surface area contributed by atoms with Crippen molar-refractivity contribution in [2.75, 3.05) is 30.2 Å². The quantitative estimate of drug-likeness (QED) is 0.627. The number of halogens is 2. The first-order valence-corrected chi connectivity index (χ1v) is 9.57. The summed E-state index contributed by atoms with van der Waals surface area (Å²) in [5.41, 5.74) is 0.158. The molecule has 144 valence electrons. The molecule has 0 amide bonds. The smallest absolute Gasteiger partial charge is 0.337 e. The Labute approximate surface area is 162 Å². The van der Waals surface area contributed by atoms with Gasteiger partial charge in [-0.1, -0.05) is 0 Å². The van der Waals surface area contributed by atoms with E-state index in [1.807, 2.05) is 4.90 Å². The SMILES string of the molecule is COC(=O)c1ccc2c(=O)n(-c3cc(F)cc(F)c3)c(N3CCSC3)nc2c1. The summed E-state index contributed by atoms with van der Waals surface area (Å²) >= 11 is 1.66. The number of thioether (sulfide) groups is 1. The Bertz CT molecular complexity index is 1120. The highest BCUT2D eigenvalue weighted by Crippen LogP contribution is 2.26. The van der Waals surface area contributed by atoms with Crippen LogP contribution in [0.2, 0.25) is 0 Å². The van der Waals surface area contributed by atoms with Crippen LogP contribution in [0.1, 0.15) is 10.4 Å². The van der Waals surface area contributed by atoms with Crippen LogP contribution in [0.3, 0.4) is 0 Å². The lowest BCUT2D eigenvalue weighted by molar-refractivity contribution is 0.0601. The van der Waals surface area contributed by atoms with Crippen LogP contribution in [0.5, 0.6) is 0 Å². The summed E-state index contributed by atoms with van der Waals surface area (Å²) in [6, 6.07) is 7.33. The van der Waals surface area contributed by atoms with Gasteiger partial charge in [-0.05, 0) is 30.3 Å². The number of fused-ring (bicyclic) bond motifs is 1. The number of hydrogen-bond donors (Lipinski definition) is 0. The Balaban J connectivity index is 2.01. The number of carbonyl (C=O) groups excluding carboxylic acids is 1. The van der Waals surface area contributed by atoms with E-state index in [2.05, 4.69) is 4.98 Å². The molecule has 1 fully saturated rings. The molecule has 4 rings (SSSR count). The third-order valence-electron chi connectivity index (χ3n) is 4.41. The molecule has 0 bridgehead atoms. The van der Waals surface area contributed by atoms with Gasteiger partial charge in [-0.15, -0.1) is 11.8 Å². The van der Waals surface area contributed by atoms with Crippen LogP contribution < -0.4 is 10.5 Å². The number of carbonyl (C=O) groups is 1. The Kier molecular flexibility index (Phi) is 4.76. The molecule has 0 N–H and O–H groups in total. The minimum atomic E-state index is -0.787. The summed E-state index contributed by atoms with van der Waals surface area (Å²) in [7, 11) is 1.27. The number of hydrogen-bond acceptors (Lipinski definition) is 6. The van der Waals surface area contributed by atoms with Gasteiger partial charge >= 0.3 is 5.97 Å². The van der Waals surface area contributed by atoms with E-state index < -0.39 is 23.2 Å². The maximum absolute atomic E-state index is 13.8. The molecule has 3 aromatic rings. The maximum Gasteiger partial charge on any atom is 0.337 e. The highest BCUT2D eigenvalue weighted by molar-refractivity contribution is 7.99. The van der Waals surface area contributed by atoms with Gasteiger partial charge in [0.2, 0.25) is 5.95 Å². The Morgan fingerprint density at radius 1 is 1.18 bits per heavy atom. The second-order valence-electron chi connectivity index (χ2n) is 6.20. The van der Waals surface area contributed by atoms with E-state index in [4.69, 9.17) is 4.74 Å². The van der Waals surface area contributed by atoms with Gasteiger partial charge < -0.3 is 9.64 Å². The molecular weight excluding hydrogens is 388 g/mol. The van der Waals surface area contributed by atoms with Gasteiger partial charge in [-0.25, -0.2) is 23.1 Å². The monoisotopic (exact) mass is 403 g/mol. The molecule has 1 aliphatic rings. The van der Waals surface area contributed by atoms with Crippen LogP contribution in [0, 0.1) is 11.6 Å². The van der Waals surface area contributed by atoms with Gasteiger partial charge in [0.1, 0.15) is 11.6 Å². The van der Waals surface area contributed by atoms with E-state index in [1.54, 1.807) is 11.8 Å². The molecule has 0 saturated carbocycles. The summed E-state index contributed by atoms with van der Waals surface area (Å²) < 4.78 is 33.5. The van der Waals surface area contributed by atoms with Gasteiger partial charge in [0.15, 0.2) is 0 Å². The van der Waals surface area contributed by atoms with E-state index in [1.165, 1.54) is 29.9 Å². The molecule has 0 unspecified atom stereocenters. The van der Waals surface area contributed by atoms with Crippen LogP contribution in [-0.2, 0) is 4.74 Å². The van der Waals surface area contributed by atoms with Crippen LogP contribution in [0.25, 0.3) is 16.6 Å². The predicted molar refractivity (Wildman–Crippen MR) is 103 cm³/mol. The fraction of sp³-hybridized carbons (Fsp3) is 0.211. The van der Waals surface area contributed by atoms with Crippen molar-refractivity contribution in [2.24, 2.45) is 0 Å². The van der Waals surface area contributed by atoms with Gasteiger partial charge in [-0.3, -0.25) is 4.79 Å².